The van der Waals surface area contributed by atoms with Crippen LogP contribution < -0.4 is 5.32 Å². The lowest BCUT2D eigenvalue weighted by Crippen LogP contribution is -2.57. The normalized spacial score (nSPS) is 28.7. The van der Waals surface area contributed by atoms with E-state index in [9.17, 15) is 4.79 Å². The first-order valence-corrected chi connectivity index (χ1v) is 7.96. The van der Waals surface area contributed by atoms with Gasteiger partial charge in [-0.1, -0.05) is 17.8 Å². The Morgan fingerprint density at radius 3 is 2.90 bits per heavy atom. The van der Waals surface area contributed by atoms with E-state index in [4.69, 9.17) is 0 Å². The molecular formula is C15H19N3OS. The first-order valence-electron chi connectivity index (χ1n) is 7.08. The molecule has 0 aliphatic carbocycles. The molecule has 106 valence electrons. The fourth-order valence-corrected chi connectivity index (χ4v) is 3.55. The number of piperidine rings is 3. The maximum absolute atomic E-state index is 11.9. The average molecular weight is 289 g/mol. The molecular weight excluding hydrogens is 270 g/mol. The number of hydrogen-bond donors (Lipinski definition) is 1. The molecule has 1 N–H and O–H groups in total. The Labute approximate surface area is 123 Å². The van der Waals surface area contributed by atoms with Gasteiger partial charge in [0.05, 0.1) is 0 Å². The van der Waals surface area contributed by atoms with E-state index < -0.39 is 0 Å². The third-order valence-electron chi connectivity index (χ3n) is 4.03. The lowest BCUT2D eigenvalue weighted by atomic mass is 9.84. The first kappa shape index (κ1) is 13.6. The number of amides is 1. The number of nitrogens with zero attached hydrogens (tertiary/aromatic N) is 2. The molecule has 0 radical (unpaired) electrons. The summed E-state index contributed by atoms with van der Waals surface area (Å²) in [5, 5.41) is 5.84. The van der Waals surface area contributed by atoms with Gasteiger partial charge in [0.25, 0.3) is 0 Å². The van der Waals surface area contributed by atoms with Crippen molar-refractivity contribution >= 4 is 17.7 Å². The van der Waals surface area contributed by atoms with Crippen molar-refractivity contribution in [2.45, 2.75) is 23.9 Å². The van der Waals surface area contributed by atoms with Crippen LogP contribution in [0.2, 0.25) is 0 Å². The lowest BCUT2D eigenvalue weighted by Gasteiger charge is -2.44. The van der Waals surface area contributed by atoms with Crippen molar-refractivity contribution in [1.82, 2.24) is 15.2 Å². The van der Waals surface area contributed by atoms with E-state index >= 15 is 0 Å². The molecule has 1 amide bonds. The molecule has 2 bridgehead atoms. The SMILES string of the molecule is O=C(/C=C/Sc1ccccn1)N[C@H]1CN2CCC1CC2. The van der Waals surface area contributed by atoms with Gasteiger partial charge < -0.3 is 10.2 Å². The van der Waals surface area contributed by atoms with E-state index in [-0.39, 0.29) is 5.91 Å². The monoisotopic (exact) mass is 289 g/mol. The topological polar surface area (TPSA) is 45.2 Å². The second kappa shape index (κ2) is 6.41. The Hall–Kier alpha value is -1.33. The predicted molar refractivity (Wildman–Crippen MR) is 80.3 cm³/mol. The average Bonchev–Trinajstić information content (AvgIpc) is 2.49. The second-order valence-electron chi connectivity index (χ2n) is 5.34. The summed E-state index contributed by atoms with van der Waals surface area (Å²) in [6.45, 7) is 3.41. The molecule has 1 aromatic rings. The largest absolute Gasteiger partial charge is 0.348 e. The van der Waals surface area contributed by atoms with Crippen LogP contribution in [0.3, 0.4) is 0 Å². The second-order valence-corrected chi connectivity index (χ2v) is 6.27. The third kappa shape index (κ3) is 3.41. The molecule has 3 aliphatic heterocycles. The maximum atomic E-state index is 11.9. The van der Waals surface area contributed by atoms with Crippen LogP contribution in [0, 0.1) is 5.92 Å². The number of thioether (sulfide) groups is 1. The Morgan fingerprint density at radius 1 is 1.40 bits per heavy atom. The van der Waals surface area contributed by atoms with Crippen molar-refractivity contribution in [3.63, 3.8) is 0 Å². The number of fused-ring (bicyclic) bond motifs is 3. The molecule has 0 spiro atoms. The van der Waals surface area contributed by atoms with Crippen molar-refractivity contribution < 1.29 is 4.79 Å². The summed E-state index contributed by atoms with van der Waals surface area (Å²) >= 11 is 1.46. The molecule has 3 fully saturated rings. The molecule has 1 atom stereocenters. The zero-order chi connectivity index (χ0) is 13.8. The minimum Gasteiger partial charge on any atom is -0.348 e. The molecule has 0 aromatic carbocycles. The van der Waals surface area contributed by atoms with Crippen molar-refractivity contribution in [3.05, 3.63) is 35.9 Å². The Balaban J connectivity index is 1.47. The molecule has 1 aromatic heterocycles. The molecule has 4 rings (SSSR count). The van der Waals surface area contributed by atoms with Crippen LogP contribution >= 0.6 is 11.8 Å². The zero-order valence-corrected chi connectivity index (χ0v) is 12.2. The molecule has 4 nitrogen and oxygen atoms in total. The summed E-state index contributed by atoms with van der Waals surface area (Å²) in [6, 6.07) is 6.08. The molecule has 3 aliphatic rings. The standard InChI is InChI=1S/C15H19N3OS/c19-14(6-10-20-15-3-1-2-7-16-15)17-13-11-18-8-4-12(13)5-9-18/h1-3,6-7,10,12-13H,4-5,8-9,11H2,(H,17,19)/b10-6+/t13-/m0/s1. The predicted octanol–water partition coefficient (Wildman–Crippen LogP) is 1.90. The van der Waals surface area contributed by atoms with Gasteiger partial charge in [-0.05, 0) is 49.4 Å². The van der Waals surface area contributed by atoms with Crippen molar-refractivity contribution in [3.8, 4) is 0 Å². The highest BCUT2D eigenvalue weighted by atomic mass is 32.2. The Morgan fingerprint density at radius 2 is 2.25 bits per heavy atom. The number of hydrogen-bond acceptors (Lipinski definition) is 4. The van der Waals surface area contributed by atoms with Gasteiger partial charge in [-0.3, -0.25) is 4.79 Å². The summed E-state index contributed by atoms with van der Waals surface area (Å²) in [6.07, 6.45) is 5.80. The van der Waals surface area contributed by atoms with Gasteiger partial charge in [-0.2, -0.15) is 0 Å². The number of nitrogens with one attached hydrogen (secondary N) is 1. The minimum atomic E-state index is 0.00665. The lowest BCUT2D eigenvalue weighted by molar-refractivity contribution is -0.118. The highest BCUT2D eigenvalue weighted by molar-refractivity contribution is 8.02. The van der Waals surface area contributed by atoms with Crippen molar-refractivity contribution in [2.24, 2.45) is 5.92 Å². The van der Waals surface area contributed by atoms with Gasteiger partial charge in [-0.15, -0.1) is 0 Å². The number of carbonyl (C=O) groups is 1. The van der Waals surface area contributed by atoms with Gasteiger partial charge in [0, 0.05) is 24.9 Å². The van der Waals surface area contributed by atoms with Crippen LogP contribution in [0.5, 0.6) is 0 Å². The first-order chi connectivity index (χ1) is 9.81. The molecule has 4 heterocycles. The molecule has 0 saturated carbocycles. The smallest absolute Gasteiger partial charge is 0.244 e. The fourth-order valence-electron chi connectivity index (χ4n) is 2.94. The summed E-state index contributed by atoms with van der Waals surface area (Å²) in [7, 11) is 0. The summed E-state index contributed by atoms with van der Waals surface area (Å²) in [5.74, 6) is 0.674. The van der Waals surface area contributed by atoms with Crippen molar-refractivity contribution in [2.75, 3.05) is 19.6 Å². The summed E-state index contributed by atoms with van der Waals surface area (Å²) in [5.41, 5.74) is 0. The maximum Gasteiger partial charge on any atom is 0.244 e. The van der Waals surface area contributed by atoms with E-state index in [0.717, 1.165) is 11.6 Å². The van der Waals surface area contributed by atoms with E-state index in [0.29, 0.717) is 12.0 Å². The number of aromatic nitrogens is 1. The summed E-state index contributed by atoms with van der Waals surface area (Å²) in [4.78, 5) is 18.6. The molecule has 3 saturated heterocycles. The number of carbonyl (C=O) groups excluding carboxylic acids is 1. The Bertz CT molecular complexity index is 483. The van der Waals surface area contributed by atoms with Crippen LogP contribution in [0.1, 0.15) is 12.8 Å². The van der Waals surface area contributed by atoms with Crippen LogP contribution in [0.25, 0.3) is 0 Å². The third-order valence-corrected chi connectivity index (χ3v) is 4.78. The van der Waals surface area contributed by atoms with Crippen LogP contribution in [0.15, 0.2) is 40.9 Å². The fraction of sp³-hybridized carbons (Fsp3) is 0.467. The van der Waals surface area contributed by atoms with Gasteiger partial charge >= 0.3 is 0 Å². The molecule has 20 heavy (non-hydrogen) atoms. The van der Waals surface area contributed by atoms with E-state index in [1.165, 1.54) is 37.7 Å². The highest BCUT2D eigenvalue weighted by Crippen LogP contribution is 2.27. The van der Waals surface area contributed by atoms with Gasteiger partial charge in [0.2, 0.25) is 5.91 Å². The van der Waals surface area contributed by atoms with Gasteiger partial charge in [-0.25, -0.2) is 4.98 Å². The van der Waals surface area contributed by atoms with E-state index in [1.807, 2.05) is 18.2 Å². The summed E-state index contributed by atoms with van der Waals surface area (Å²) < 4.78 is 0. The van der Waals surface area contributed by atoms with Crippen LogP contribution in [-0.4, -0.2) is 41.5 Å². The van der Waals surface area contributed by atoms with Gasteiger partial charge in [0.1, 0.15) is 5.03 Å². The number of rotatable bonds is 4. The van der Waals surface area contributed by atoms with E-state index in [2.05, 4.69) is 15.2 Å². The van der Waals surface area contributed by atoms with Gasteiger partial charge in [0.15, 0.2) is 0 Å². The zero-order valence-electron chi connectivity index (χ0n) is 11.4. The quantitative estimate of drug-likeness (QED) is 0.679. The van der Waals surface area contributed by atoms with E-state index in [1.54, 1.807) is 17.7 Å². The molecule has 5 heteroatoms. The van der Waals surface area contributed by atoms with Crippen LogP contribution in [-0.2, 0) is 4.79 Å². The molecule has 0 unspecified atom stereocenters. The minimum absolute atomic E-state index is 0.00665. The highest BCUT2D eigenvalue weighted by Gasteiger charge is 2.34. The Kier molecular flexibility index (Phi) is 4.38. The van der Waals surface area contributed by atoms with Crippen LogP contribution in [0.4, 0.5) is 0 Å². The number of pyridine rings is 1. The van der Waals surface area contributed by atoms with Crippen molar-refractivity contribution in [1.29, 1.82) is 0 Å².